The fraction of sp³-hybridized carbons (Fsp3) is 0.708. The fourth-order valence-corrected chi connectivity index (χ4v) is 4.66. The lowest BCUT2D eigenvalue weighted by atomic mass is 9.88. The van der Waals surface area contributed by atoms with Crippen LogP contribution in [0.1, 0.15) is 52.1 Å². The van der Waals surface area contributed by atoms with E-state index in [0.29, 0.717) is 18.0 Å². The average molecular weight is 544 g/mol. The van der Waals surface area contributed by atoms with Crippen molar-refractivity contribution in [2.45, 2.75) is 64.2 Å². The van der Waals surface area contributed by atoms with Crippen molar-refractivity contribution in [1.82, 2.24) is 20.9 Å². The number of likely N-dealkylation sites (tertiary alicyclic amines) is 1. The van der Waals surface area contributed by atoms with Gasteiger partial charge in [-0.15, -0.1) is 24.0 Å². The van der Waals surface area contributed by atoms with Crippen LogP contribution in [0.5, 0.6) is 0 Å². The summed E-state index contributed by atoms with van der Waals surface area (Å²) in [4.78, 5) is 7.07. The monoisotopic (exact) mass is 543 g/mol. The van der Waals surface area contributed by atoms with Crippen LogP contribution in [-0.4, -0.2) is 68.4 Å². The van der Waals surface area contributed by atoms with Gasteiger partial charge in [-0.25, -0.2) is 0 Å². The molecule has 2 aliphatic heterocycles. The van der Waals surface area contributed by atoms with Gasteiger partial charge in [-0.1, -0.05) is 37.3 Å². The molecule has 2 heterocycles. The Morgan fingerprint density at radius 2 is 1.84 bits per heavy atom. The van der Waals surface area contributed by atoms with Crippen LogP contribution < -0.4 is 16.0 Å². The molecule has 0 saturated carbocycles. The van der Waals surface area contributed by atoms with Crippen LogP contribution in [0.3, 0.4) is 0 Å². The quantitative estimate of drug-likeness (QED) is 0.280. The third-order valence-electron chi connectivity index (χ3n) is 6.78. The van der Waals surface area contributed by atoms with Gasteiger partial charge in [0.2, 0.25) is 0 Å². The van der Waals surface area contributed by atoms with Crippen LogP contribution >= 0.6 is 24.0 Å². The first kappa shape index (κ1) is 26.4. The van der Waals surface area contributed by atoms with Crippen LogP contribution in [-0.2, 0) is 4.74 Å². The Bertz CT molecular complexity index is 678. The molecule has 1 aromatic rings. The Labute approximate surface area is 206 Å². The molecule has 3 unspecified atom stereocenters. The number of nitrogens with zero attached hydrogens (tertiary/aromatic N) is 2. The molecule has 0 spiro atoms. The van der Waals surface area contributed by atoms with E-state index in [9.17, 15) is 0 Å². The number of hydrogen-bond acceptors (Lipinski definition) is 4. The summed E-state index contributed by atoms with van der Waals surface area (Å²) in [6.07, 6.45) is 1.99. The lowest BCUT2D eigenvalue weighted by molar-refractivity contribution is 0.0354. The van der Waals surface area contributed by atoms with Gasteiger partial charge in [0, 0.05) is 63.6 Å². The van der Waals surface area contributed by atoms with Gasteiger partial charge >= 0.3 is 0 Å². The zero-order valence-corrected chi connectivity index (χ0v) is 22.2. The summed E-state index contributed by atoms with van der Waals surface area (Å²) < 4.78 is 5.68. The van der Waals surface area contributed by atoms with Crippen molar-refractivity contribution in [2.24, 2.45) is 10.9 Å². The predicted molar refractivity (Wildman–Crippen MR) is 140 cm³/mol. The van der Waals surface area contributed by atoms with Gasteiger partial charge in [0.15, 0.2) is 5.96 Å². The lowest BCUT2D eigenvalue weighted by Gasteiger charge is -2.41. The van der Waals surface area contributed by atoms with E-state index >= 15 is 0 Å². The first-order valence-electron chi connectivity index (χ1n) is 11.5. The van der Waals surface area contributed by atoms with Crippen molar-refractivity contribution in [1.29, 1.82) is 0 Å². The molecule has 2 fully saturated rings. The largest absolute Gasteiger partial charge is 0.381 e. The van der Waals surface area contributed by atoms with Gasteiger partial charge in [-0.05, 0) is 45.1 Å². The molecule has 7 heteroatoms. The van der Waals surface area contributed by atoms with Crippen molar-refractivity contribution in [2.75, 3.05) is 39.9 Å². The number of aliphatic imine (C=N–C) groups is 1. The molecule has 0 amide bonds. The van der Waals surface area contributed by atoms with E-state index in [1.165, 1.54) is 5.56 Å². The Kier molecular flexibility index (Phi) is 10.5. The molecular weight excluding hydrogens is 501 g/mol. The maximum absolute atomic E-state index is 5.68. The molecule has 0 radical (unpaired) electrons. The molecule has 2 saturated heterocycles. The maximum Gasteiger partial charge on any atom is 0.191 e. The van der Waals surface area contributed by atoms with Gasteiger partial charge in [0.25, 0.3) is 0 Å². The zero-order valence-electron chi connectivity index (χ0n) is 19.9. The number of halogens is 1. The van der Waals surface area contributed by atoms with E-state index in [4.69, 9.17) is 4.74 Å². The normalized spacial score (nSPS) is 25.2. The summed E-state index contributed by atoms with van der Waals surface area (Å²) in [6.45, 7) is 13.8. The molecule has 176 valence electrons. The minimum atomic E-state index is -0.00358. The summed E-state index contributed by atoms with van der Waals surface area (Å²) in [5.41, 5.74) is 1.32. The first-order valence-corrected chi connectivity index (χ1v) is 11.5. The Morgan fingerprint density at radius 1 is 1.16 bits per heavy atom. The highest BCUT2D eigenvalue weighted by molar-refractivity contribution is 14.0. The highest BCUT2D eigenvalue weighted by atomic mass is 127. The highest BCUT2D eigenvalue weighted by Gasteiger charge is 2.35. The number of benzene rings is 1. The van der Waals surface area contributed by atoms with E-state index in [0.717, 1.165) is 51.6 Å². The smallest absolute Gasteiger partial charge is 0.191 e. The van der Waals surface area contributed by atoms with Crippen molar-refractivity contribution < 1.29 is 4.74 Å². The molecule has 3 rings (SSSR count). The summed E-state index contributed by atoms with van der Waals surface area (Å²) in [5, 5.41) is 11.2. The second kappa shape index (κ2) is 12.4. The highest BCUT2D eigenvalue weighted by Crippen LogP contribution is 2.25. The van der Waals surface area contributed by atoms with Crippen LogP contribution in [0.25, 0.3) is 0 Å². The van der Waals surface area contributed by atoms with Crippen LogP contribution in [0.4, 0.5) is 0 Å². The Morgan fingerprint density at radius 3 is 2.42 bits per heavy atom. The maximum atomic E-state index is 5.68. The van der Waals surface area contributed by atoms with E-state index in [1.54, 1.807) is 0 Å². The van der Waals surface area contributed by atoms with E-state index in [-0.39, 0.29) is 35.6 Å². The van der Waals surface area contributed by atoms with Gasteiger partial charge in [0.1, 0.15) is 0 Å². The van der Waals surface area contributed by atoms with Gasteiger partial charge in [0.05, 0.1) is 0 Å². The molecule has 0 aromatic heterocycles. The number of hydrogen-bond donors (Lipinski definition) is 3. The average Bonchev–Trinajstić information content (AvgIpc) is 3.13. The Balaban J connectivity index is 0.00000341. The van der Waals surface area contributed by atoms with E-state index in [2.05, 4.69) is 83.9 Å². The first-order chi connectivity index (χ1) is 14.4. The molecule has 31 heavy (non-hydrogen) atoms. The lowest BCUT2D eigenvalue weighted by Crippen LogP contribution is -2.59. The molecule has 3 atom stereocenters. The van der Waals surface area contributed by atoms with Gasteiger partial charge in [-0.3, -0.25) is 9.89 Å². The standard InChI is InChI=1S/C24H41N5O.HI/c1-18(2)29-15-19(3)22(16-29)27-23(25-5)26-17-24(11-13-30-14-12-24)28-20(4)21-9-7-6-8-10-21;/h6-10,18-20,22,28H,11-17H2,1-5H3,(H2,25,26,27);1H. The third kappa shape index (κ3) is 7.30. The van der Waals surface area contributed by atoms with Crippen LogP contribution in [0.15, 0.2) is 35.3 Å². The van der Waals surface area contributed by atoms with E-state index < -0.39 is 0 Å². The summed E-state index contributed by atoms with van der Waals surface area (Å²) in [7, 11) is 1.87. The minimum absolute atomic E-state index is 0. The topological polar surface area (TPSA) is 60.9 Å². The zero-order chi connectivity index (χ0) is 21.6. The van der Waals surface area contributed by atoms with Gasteiger partial charge < -0.3 is 20.7 Å². The molecule has 0 aliphatic carbocycles. The van der Waals surface area contributed by atoms with Crippen molar-refractivity contribution in [3.63, 3.8) is 0 Å². The molecule has 6 nitrogen and oxygen atoms in total. The second-order valence-corrected chi connectivity index (χ2v) is 9.37. The van der Waals surface area contributed by atoms with Crippen LogP contribution in [0, 0.1) is 5.92 Å². The summed E-state index contributed by atoms with van der Waals surface area (Å²) in [6, 6.07) is 12.0. The number of nitrogens with one attached hydrogen (secondary N) is 3. The molecular formula is C24H42IN5O. The van der Waals surface area contributed by atoms with E-state index in [1.807, 2.05) is 7.05 Å². The minimum Gasteiger partial charge on any atom is -0.381 e. The number of rotatable bonds is 7. The number of guanidine groups is 1. The van der Waals surface area contributed by atoms with Gasteiger partial charge in [-0.2, -0.15) is 0 Å². The predicted octanol–water partition coefficient (Wildman–Crippen LogP) is 3.40. The summed E-state index contributed by atoms with van der Waals surface area (Å²) in [5.74, 6) is 1.51. The SMILES string of the molecule is CN=C(NCC1(NC(C)c2ccccc2)CCOCC1)NC1CN(C(C)C)CC1C.I. The fourth-order valence-electron chi connectivity index (χ4n) is 4.66. The number of ether oxygens (including phenoxy) is 1. The third-order valence-corrected chi connectivity index (χ3v) is 6.78. The van der Waals surface area contributed by atoms with Crippen molar-refractivity contribution in [3.8, 4) is 0 Å². The second-order valence-electron chi connectivity index (χ2n) is 9.37. The molecule has 3 N–H and O–H groups in total. The molecule has 2 aliphatic rings. The molecule has 0 bridgehead atoms. The van der Waals surface area contributed by atoms with Crippen molar-refractivity contribution >= 4 is 29.9 Å². The van der Waals surface area contributed by atoms with Crippen LogP contribution in [0.2, 0.25) is 0 Å². The summed E-state index contributed by atoms with van der Waals surface area (Å²) >= 11 is 0. The van der Waals surface area contributed by atoms with Crippen molar-refractivity contribution in [3.05, 3.63) is 35.9 Å². The Hall–Kier alpha value is -0.900. The molecule has 1 aromatic carbocycles.